The molecule has 0 atom stereocenters. The van der Waals surface area contributed by atoms with E-state index in [0.29, 0.717) is 34.3 Å². The second-order valence-corrected chi connectivity index (χ2v) is 9.22. The van der Waals surface area contributed by atoms with Gasteiger partial charge in [0, 0.05) is 24.7 Å². The number of fused-ring (bicyclic) bond motifs is 1. The summed E-state index contributed by atoms with van der Waals surface area (Å²) >= 11 is 0. The van der Waals surface area contributed by atoms with E-state index >= 15 is 0 Å². The maximum atomic E-state index is 13.3. The van der Waals surface area contributed by atoms with Crippen molar-refractivity contribution in [1.29, 1.82) is 0 Å². The molecule has 4 rings (SSSR count). The highest BCUT2D eigenvalue weighted by Crippen LogP contribution is 2.31. The van der Waals surface area contributed by atoms with Crippen molar-refractivity contribution in [3.63, 3.8) is 0 Å². The third-order valence-corrected chi connectivity index (χ3v) is 5.86. The van der Waals surface area contributed by atoms with Crippen LogP contribution in [0.2, 0.25) is 0 Å². The Balaban J connectivity index is 1.78. The first-order chi connectivity index (χ1) is 17.7. The molecule has 0 saturated carbocycles. The Morgan fingerprint density at radius 1 is 0.838 bits per heavy atom. The lowest BCUT2D eigenvalue weighted by atomic mass is 10.1. The van der Waals surface area contributed by atoms with E-state index in [1.165, 1.54) is 15.5 Å². The lowest BCUT2D eigenvalue weighted by Gasteiger charge is -2.16. The third kappa shape index (κ3) is 5.58. The summed E-state index contributed by atoms with van der Waals surface area (Å²) in [6.07, 6.45) is -0.00259. The number of ether oxygens (including phenoxy) is 1. The molecule has 1 aliphatic rings. The first kappa shape index (κ1) is 25.8. The van der Waals surface area contributed by atoms with Crippen LogP contribution >= 0.6 is 0 Å². The standard InChI is InChI=1S/C29H30N4O4/c1-18(2)37-24-10-7-9-23-27(24)29(36)32(28(23)35)17-16-25-31-21(5)30-20(4)8-6-11-26(34)33(25)22-14-12-19(3)13-15-22/h6-15,18H,16-17H2,1-5H3. The molecule has 0 saturated heterocycles. The zero-order valence-corrected chi connectivity index (χ0v) is 21.7. The van der Waals surface area contributed by atoms with Gasteiger partial charge in [-0.25, -0.2) is 9.97 Å². The minimum Gasteiger partial charge on any atom is -0.490 e. The van der Waals surface area contributed by atoms with Gasteiger partial charge in [0.25, 0.3) is 17.4 Å². The fourth-order valence-corrected chi connectivity index (χ4v) is 4.23. The largest absolute Gasteiger partial charge is 0.490 e. The average molecular weight is 499 g/mol. The Hall–Kier alpha value is -4.33. The van der Waals surface area contributed by atoms with E-state index in [-0.39, 0.29) is 30.2 Å². The van der Waals surface area contributed by atoms with E-state index in [0.717, 1.165) is 5.56 Å². The fraction of sp³-hybridized carbons (Fsp3) is 0.276. The Bertz CT molecular complexity index is 1470. The number of aryl methyl sites for hydroxylation is 3. The van der Waals surface area contributed by atoms with Gasteiger partial charge in [-0.2, -0.15) is 0 Å². The summed E-state index contributed by atoms with van der Waals surface area (Å²) < 4.78 is 7.29. The van der Waals surface area contributed by atoms with Crippen LogP contribution in [0.15, 0.2) is 65.5 Å². The molecule has 3 aromatic rings. The molecular weight excluding hydrogens is 468 g/mol. The molecule has 2 heterocycles. The number of amides is 2. The van der Waals surface area contributed by atoms with Crippen molar-refractivity contribution >= 4 is 11.8 Å². The van der Waals surface area contributed by atoms with Crippen molar-refractivity contribution in [1.82, 2.24) is 19.4 Å². The number of benzene rings is 2. The van der Waals surface area contributed by atoms with Gasteiger partial charge in [0.1, 0.15) is 17.4 Å². The summed E-state index contributed by atoms with van der Waals surface area (Å²) in [5.74, 6) is 0.403. The van der Waals surface area contributed by atoms with E-state index in [4.69, 9.17) is 4.74 Å². The van der Waals surface area contributed by atoms with Crippen molar-refractivity contribution in [2.75, 3.05) is 6.54 Å². The van der Waals surface area contributed by atoms with Crippen LogP contribution in [0.1, 0.15) is 57.5 Å². The van der Waals surface area contributed by atoms with Gasteiger partial charge in [0.05, 0.1) is 22.9 Å². The van der Waals surface area contributed by atoms with Crippen molar-refractivity contribution in [3.05, 3.63) is 105 Å². The Labute approximate surface area is 215 Å². The maximum Gasteiger partial charge on any atom is 0.265 e. The predicted molar refractivity (Wildman–Crippen MR) is 141 cm³/mol. The minimum absolute atomic E-state index is 0.0355. The van der Waals surface area contributed by atoms with Crippen LogP contribution in [0, 0.1) is 20.8 Å². The zero-order valence-electron chi connectivity index (χ0n) is 21.7. The van der Waals surface area contributed by atoms with Crippen molar-refractivity contribution < 1.29 is 14.3 Å². The number of carbonyl (C=O) groups excluding carboxylic acids is 2. The smallest absolute Gasteiger partial charge is 0.265 e. The number of hydrogen-bond acceptors (Lipinski definition) is 6. The van der Waals surface area contributed by atoms with Crippen LogP contribution in [0.25, 0.3) is 5.69 Å². The van der Waals surface area contributed by atoms with Crippen molar-refractivity contribution in [2.45, 2.75) is 47.1 Å². The number of carbonyl (C=O) groups is 2. The number of nitrogens with zero attached hydrogens (tertiary/aromatic N) is 4. The van der Waals surface area contributed by atoms with Gasteiger partial charge in [0.15, 0.2) is 0 Å². The summed E-state index contributed by atoms with van der Waals surface area (Å²) in [5, 5.41) is 0. The highest BCUT2D eigenvalue weighted by Gasteiger charge is 2.38. The topological polar surface area (TPSA) is 94.4 Å². The van der Waals surface area contributed by atoms with Gasteiger partial charge >= 0.3 is 0 Å². The van der Waals surface area contributed by atoms with E-state index in [1.54, 1.807) is 37.3 Å². The Kier molecular flexibility index (Phi) is 7.47. The van der Waals surface area contributed by atoms with Crippen LogP contribution in [-0.4, -0.2) is 43.9 Å². The lowest BCUT2D eigenvalue weighted by Crippen LogP contribution is -2.33. The van der Waals surface area contributed by atoms with Crippen LogP contribution in [-0.2, 0) is 6.42 Å². The summed E-state index contributed by atoms with van der Waals surface area (Å²) in [4.78, 5) is 50.2. The minimum atomic E-state index is -0.422. The quantitative estimate of drug-likeness (QED) is 0.470. The van der Waals surface area contributed by atoms with Gasteiger partial charge in [-0.1, -0.05) is 29.8 Å². The molecular formula is C29H30N4O4. The molecule has 37 heavy (non-hydrogen) atoms. The van der Waals surface area contributed by atoms with E-state index < -0.39 is 11.8 Å². The van der Waals surface area contributed by atoms with Gasteiger partial charge in [-0.3, -0.25) is 23.9 Å². The normalized spacial score (nSPS) is 12.5. The van der Waals surface area contributed by atoms with E-state index in [9.17, 15) is 14.4 Å². The second-order valence-electron chi connectivity index (χ2n) is 9.22. The molecule has 0 fully saturated rings. The van der Waals surface area contributed by atoms with Crippen LogP contribution in [0.3, 0.4) is 0 Å². The van der Waals surface area contributed by atoms with E-state index in [2.05, 4.69) is 9.97 Å². The number of aromatic nitrogens is 3. The lowest BCUT2D eigenvalue weighted by molar-refractivity contribution is 0.0654. The number of imide groups is 1. The monoisotopic (exact) mass is 498 g/mol. The van der Waals surface area contributed by atoms with Gasteiger partial charge in [0.2, 0.25) is 0 Å². The van der Waals surface area contributed by atoms with Crippen molar-refractivity contribution in [3.8, 4) is 11.4 Å². The summed E-state index contributed by atoms with van der Waals surface area (Å²) in [5.41, 5.74) is 2.66. The molecule has 2 amide bonds. The molecule has 8 heteroatoms. The molecule has 2 aromatic carbocycles. The molecule has 0 spiro atoms. The zero-order chi connectivity index (χ0) is 26.7. The average Bonchev–Trinajstić information content (AvgIpc) is 3.08. The first-order valence-corrected chi connectivity index (χ1v) is 12.2. The van der Waals surface area contributed by atoms with Crippen molar-refractivity contribution in [2.24, 2.45) is 0 Å². The van der Waals surface area contributed by atoms with E-state index in [1.807, 2.05) is 52.0 Å². The maximum absolute atomic E-state index is 13.3. The fourth-order valence-electron chi connectivity index (χ4n) is 4.23. The molecule has 0 N–H and O–H groups in total. The Morgan fingerprint density at radius 3 is 2.24 bits per heavy atom. The summed E-state index contributed by atoms with van der Waals surface area (Å²) in [7, 11) is 0. The van der Waals surface area contributed by atoms with Gasteiger partial charge in [-0.15, -0.1) is 0 Å². The molecule has 1 aliphatic heterocycles. The third-order valence-electron chi connectivity index (χ3n) is 5.86. The van der Waals surface area contributed by atoms with Crippen LogP contribution < -0.4 is 10.3 Å². The Morgan fingerprint density at radius 2 is 1.54 bits per heavy atom. The highest BCUT2D eigenvalue weighted by molar-refractivity contribution is 6.22. The summed E-state index contributed by atoms with van der Waals surface area (Å²) in [6, 6.07) is 17.4. The highest BCUT2D eigenvalue weighted by atomic mass is 16.5. The number of rotatable bonds is 6. The second kappa shape index (κ2) is 10.7. The molecule has 0 aliphatic carbocycles. The summed E-state index contributed by atoms with van der Waals surface area (Å²) in [6.45, 7) is 9.30. The number of hydrogen-bond donors (Lipinski definition) is 0. The van der Waals surface area contributed by atoms with Crippen LogP contribution in [0.4, 0.5) is 0 Å². The molecule has 0 unspecified atom stereocenters. The SMILES string of the molecule is Cc1ccc(-n2c(CCN3C(=O)c4cccc(OC(C)C)c4C3=O)nc(C)nc(C)cccc2=O)cc1. The predicted octanol–water partition coefficient (Wildman–Crippen LogP) is 4.30. The van der Waals surface area contributed by atoms with Gasteiger partial charge < -0.3 is 4.74 Å². The molecule has 0 radical (unpaired) electrons. The molecule has 8 nitrogen and oxygen atoms in total. The molecule has 0 bridgehead atoms. The molecule has 1 aromatic heterocycles. The first-order valence-electron chi connectivity index (χ1n) is 12.2. The molecule has 190 valence electrons. The van der Waals surface area contributed by atoms with Crippen LogP contribution in [0.5, 0.6) is 5.75 Å². The van der Waals surface area contributed by atoms with Gasteiger partial charge in [-0.05, 0) is 65.0 Å².